The Labute approximate surface area is 157 Å². The first-order valence-corrected chi connectivity index (χ1v) is 8.64. The Kier molecular flexibility index (Phi) is 5.27. The summed E-state index contributed by atoms with van der Waals surface area (Å²) in [6, 6.07) is 9.96. The molecule has 27 heavy (non-hydrogen) atoms. The number of halogens is 2. The van der Waals surface area contributed by atoms with Gasteiger partial charge in [0.2, 0.25) is 0 Å². The van der Waals surface area contributed by atoms with E-state index < -0.39 is 29.1 Å². The number of hydrogen-bond donors (Lipinski definition) is 1. The van der Waals surface area contributed by atoms with Crippen LogP contribution in [0.4, 0.5) is 13.9 Å². The number of nitrogens with zero attached hydrogens (tertiary/aromatic N) is 1. The molecule has 5 nitrogen and oxygen atoms in total. The zero-order chi connectivity index (χ0) is 19.6. The van der Waals surface area contributed by atoms with Crippen LogP contribution in [0.5, 0.6) is 0 Å². The quantitative estimate of drug-likeness (QED) is 0.671. The van der Waals surface area contributed by atoms with Gasteiger partial charge in [0.15, 0.2) is 5.13 Å². The number of carbonyl (C=O) groups is 2. The second-order valence-electron chi connectivity index (χ2n) is 5.56. The molecule has 0 radical (unpaired) electrons. The highest BCUT2D eigenvalue weighted by Crippen LogP contribution is 2.33. The lowest BCUT2D eigenvalue weighted by Gasteiger charge is -2.04. The van der Waals surface area contributed by atoms with Crippen molar-refractivity contribution in [1.29, 1.82) is 0 Å². The van der Waals surface area contributed by atoms with E-state index in [2.05, 4.69) is 10.3 Å². The molecule has 0 fully saturated rings. The fourth-order valence-corrected chi connectivity index (χ4v) is 3.46. The number of hydrogen-bond acceptors (Lipinski definition) is 5. The van der Waals surface area contributed by atoms with Gasteiger partial charge in [0, 0.05) is 0 Å². The summed E-state index contributed by atoms with van der Waals surface area (Å²) in [5.74, 6) is -3.30. The largest absolute Gasteiger partial charge is 0.465 e. The van der Waals surface area contributed by atoms with Gasteiger partial charge in [0.1, 0.15) is 17.2 Å². The molecule has 0 bridgehead atoms. The number of nitrogens with one attached hydrogen (secondary N) is 1. The Hall–Kier alpha value is -3.13. The van der Waals surface area contributed by atoms with Crippen LogP contribution in [-0.4, -0.2) is 24.0 Å². The van der Waals surface area contributed by atoms with Gasteiger partial charge in [-0.2, -0.15) is 0 Å². The number of anilines is 1. The molecule has 2 aromatic carbocycles. The Balaban J connectivity index is 1.89. The van der Waals surface area contributed by atoms with Crippen molar-refractivity contribution in [3.05, 3.63) is 70.9 Å². The fraction of sp³-hybridized carbons (Fsp3) is 0.105. The highest BCUT2D eigenvalue weighted by Gasteiger charge is 2.19. The topological polar surface area (TPSA) is 68.3 Å². The van der Waals surface area contributed by atoms with Crippen molar-refractivity contribution in [2.75, 3.05) is 12.4 Å². The third-order valence-electron chi connectivity index (χ3n) is 3.75. The van der Waals surface area contributed by atoms with E-state index in [-0.39, 0.29) is 5.13 Å². The van der Waals surface area contributed by atoms with Crippen LogP contribution in [0.15, 0.2) is 42.5 Å². The molecule has 1 aromatic heterocycles. The van der Waals surface area contributed by atoms with Crippen molar-refractivity contribution in [2.45, 2.75) is 6.92 Å². The van der Waals surface area contributed by atoms with E-state index in [4.69, 9.17) is 4.74 Å². The molecule has 3 aromatic rings. The minimum absolute atomic E-state index is 0.193. The molecule has 1 heterocycles. The number of ether oxygens (including phenoxy) is 1. The summed E-state index contributed by atoms with van der Waals surface area (Å²) in [7, 11) is 1.29. The van der Waals surface area contributed by atoms with Gasteiger partial charge in [0.05, 0.1) is 23.2 Å². The highest BCUT2D eigenvalue weighted by atomic mass is 32.1. The van der Waals surface area contributed by atoms with Gasteiger partial charge in [-0.15, -0.1) is 0 Å². The van der Waals surface area contributed by atoms with Gasteiger partial charge in [0.25, 0.3) is 5.91 Å². The Bertz CT molecular complexity index is 1010. The Morgan fingerprint density at radius 2 is 1.78 bits per heavy atom. The average Bonchev–Trinajstić information content (AvgIpc) is 3.01. The normalized spacial score (nSPS) is 10.5. The van der Waals surface area contributed by atoms with Crippen molar-refractivity contribution >= 4 is 28.3 Å². The zero-order valence-corrected chi connectivity index (χ0v) is 15.2. The molecule has 3 rings (SSSR count). The van der Waals surface area contributed by atoms with Crippen molar-refractivity contribution in [3.8, 4) is 10.4 Å². The number of esters is 1. The smallest absolute Gasteiger partial charge is 0.337 e. The highest BCUT2D eigenvalue weighted by molar-refractivity contribution is 7.19. The third kappa shape index (κ3) is 3.85. The number of aromatic nitrogens is 1. The predicted octanol–water partition coefficient (Wildman–Crippen LogP) is 4.44. The number of benzene rings is 2. The van der Waals surface area contributed by atoms with E-state index in [1.807, 2.05) is 0 Å². The molecule has 0 aliphatic carbocycles. The van der Waals surface area contributed by atoms with E-state index in [9.17, 15) is 18.4 Å². The number of amides is 1. The molecule has 1 N–H and O–H groups in total. The SMILES string of the molecule is COC(=O)c1cccc(-c2sc(NC(=O)c3c(F)cccc3F)nc2C)c1. The monoisotopic (exact) mass is 388 g/mol. The van der Waals surface area contributed by atoms with Crippen LogP contribution in [0.25, 0.3) is 10.4 Å². The minimum Gasteiger partial charge on any atom is -0.465 e. The maximum Gasteiger partial charge on any atom is 0.337 e. The summed E-state index contributed by atoms with van der Waals surface area (Å²) in [6.45, 7) is 1.73. The first-order valence-electron chi connectivity index (χ1n) is 7.82. The van der Waals surface area contributed by atoms with Crippen LogP contribution < -0.4 is 5.32 Å². The summed E-state index contributed by atoms with van der Waals surface area (Å²) < 4.78 is 32.2. The molecule has 8 heteroatoms. The van der Waals surface area contributed by atoms with Gasteiger partial charge in [-0.3, -0.25) is 10.1 Å². The lowest BCUT2D eigenvalue weighted by Crippen LogP contribution is -2.15. The maximum absolute atomic E-state index is 13.7. The summed E-state index contributed by atoms with van der Waals surface area (Å²) in [4.78, 5) is 28.8. The molecule has 0 aliphatic rings. The van der Waals surface area contributed by atoms with Gasteiger partial charge >= 0.3 is 5.97 Å². The average molecular weight is 388 g/mol. The maximum atomic E-state index is 13.7. The number of rotatable bonds is 4. The molecular formula is C19H14F2N2O3S. The molecule has 0 unspecified atom stereocenters. The van der Waals surface area contributed by atoms with E-state index in [1.54, 1.807) is 31.2 Å². The van der Waals surface area contributed by atoms with Gasteiger partial charge in [-0.05, 0) is 36.8 Å². The molecule has 1 amide bonds. The van der Waals surface area contributed by atoms with E-state index in [1.165, 1.54) is 13.2 Å². The molecule has 0 saturated heterocycles. The Morgan fingerprint density at radius 3 is 2.44 bits per heavy atom. The summed E-state index contributed by atoms with van der Waals surface area (Å²) in [6.07, 6.45) is 0. The minimum atomic E-state index is -0.952. The van der Waals surface area contributed by atoms with Gasteiger partial charge in [-0.25, -0.2) is 18.6 Å². The molecule has 138 valence electrons. The van der Waals surface area contributed by atoms with Gasteiger partial charge in [-0.1, -0.05) is 29.5 Å². The third-order valence-corrected chi connectivity index (χ3v) is 4.87. The summed E-state index contributed by atoms with van der Waals surface area (Å²) >= 11 is 1.14. The molecule has 0 atom stereocenters. The number of carbonyl (C=O) groups excluding carboxylic acids is 2. The second kappa shape index (κ2) is 7.63. The van der Waals surface area contributed by atoms with Crippen LogP contribution in [0.1, 0.15) is 26.4 Å². The summed E-state index contributed by atoms with van der Waals surface area (Å²) in [5.41, 5.74) is 1.03. The number of aryl methyl sites for hydroxylation is 1. The van der Waals surface area contributed by atoms with Crippen LogP contribution in [0.3, 0.4) is 0 Å². The fourth-order valence-electron chi connectivity index (χ4n) is 2.50. The van der Waals surface area contributed by atoms with Crippen LogP contribution in [0.2, 0.25) is 0 Å². The van der Waals surface area contributed by atoms with Crippen LogP contribution in [0, 0.1) is 18.6 Å². The summed E-state index contributed by atoms with van der Waals surface area (Å²) in [5, 5.41) is 2.61. The lowest BCUT2D eigenvalue weighted by atomic mass is 10.1. The molecular weight excluding hydrogens is 374 g/mol. The first-order chi connectivity index (χ1) is 12.9. The second-order valence-corrected chi connectivity index (χ2v) is 6.56. The molecule has 0 saturated carbocycles. The standard InChI is InChI=1S/C19H14F2N2O3S/c1-10-16(11-5-3-6-12(9-11)18(25)26-2)27-19(22-10)23-17(24)15-13(20)7-4-8-14(15)21/h3-9H,1-2H3,(H,22,23,24). The van der Waals surface area contributed by atoms with Crippen molar-refractivity contribution in [1.82, 2.24) is 4.98 Å². The van der Waals surface area contributed by atoms with E-state index in [0.717, 1.165) is 23.5 Å². The zero-order valence-electron chi connectivity index (χ0n) is 14.4. The van der Waals surface area contributed by atoms with E-state index >= 15 is 0 Å². The Morgan fingerprint density at radius 1 is 1.11 bits per heavy atom. The van der Waals surface area contributed by atoms with Crippen LogP contribution in [-0.2, 0) is 4.74 Å². The number of thiazole rings is 1. The van der Waals surface area contributed by atoms with Crippen molar-refractivity contribution in [2.24, 2.45) is 0 Å². The van der Waals surface area contributed by atoms with Crippen molar-refractivity contribution < 1.29 is 23.1 Å². The predicted molar refractivity (Wildman–Crippen MR) is 97.9 cm³/mol. The van der Waals surface area contributed by atoms with Crippen molar-refractivity contribution in [3.63, 3.8) is 0 Å². The van der Waals surface area contributed by atoms with Gasteiger partial charge < -0.3 is 4.74 Å². The molecule has 0 spiro atoms. The number of methoxy groups -OCH3 is 1. The van der Waals surface area contributed by atoms with E-state index in [0.29, 0.717) is 21.7 Å². The lowest BCUT2D eigenvalue weighted by molar-refractivity contribution is 0.0600. The van der Waals surface area contributed by atoms with Crippen LogP contribution >= 0.6 is 11.3 Å². The molecule has 0 aliphatic heterocycles. The first kappa shape index (κ1) is 18.7.